The molecule has 2 rings (SSSR count). The van der Waals surface area contributed by atoms with Crippen molar-refractivity contribution in [1.29, 1.82) is 0 Å². The van der Waals surface area contributed by atoms with E-state index in [1.54, 1.807) is 0 Å². The van der Waals surface area contributed by atoms with E-state index in [4.69, 9.17) is 15.0 Å². The fraction of sp³-hybridized carbons (Fsp3) is 0.615. The van der Waals surface area contributed by atoms with Crippen LogP contribution in [-0.2, 0) is 15.9 Å². The van der Waals surface area contributed by atoms with Crippen molar-refractivity contribution < 1.29 is 9.31 Å². The van der Waals surface area contributed by atoms with Gasteiger partial charge >= 0.3 is 7.12 Å². The molecule has 1 aliphatic heterocycles. The molecule has 104 valence electrons. The second-order valence-electron chi connectivity index (χ2n) is 5.89. The molecule has 6 heteroatoms. The Morgan fingerprint density at radius 2 is 1.79 bits per heavy atom. The van der Waals surface area contributed by atoms with Crippen LogP contribution in [0.2, 0.25) is 0 Å². The lowest BCUT2D eigenvalue weighted by molar-refractivity contribution is 0.00578. The van der Waals surface area contributed by atoms with Gasteiger partial charge in [-0.15, -0.1) is 0 Å². The second-order valence-corrected chi connectivity index (χ2v) is 5.89. The molecule has 0 aromatic carbocycles. The van der Waals surface area contributed by atoms with E-state index in [-0.39, 0.29) is 11.2 Å². The van der Waals surface area contributed by atoms with Crippen LogP contribution in [-0.4, -0.2) is 30.4 Å². The van der Waals surface area contributed by atoms with Crippen LogP contribution in [0.3, 0.4) is 0 Å². The lowest BCUT2D eigenvalue weighted by Gasteiger charge is -2.32. The van der Waals surface area contributed by atoms with Crippen molar-refractivity contribution in [3.63, 3.8) is 0 Å². The first kappa shape index (κ1) is 14.3. The summed E-state index contributed by atoms with van der Waals surface area (Å²) in [5.41, 5.74) is 7.43. The molecule has 1 aromatic heterocycles. The van der Waals surface area contributed by atoms with Crippen molar-refractivity contribution in [1.82, 2.24) is 10.3 Å². The number of nitrogens with one attached hydrogen (secondary N) is 1. The van der Waals surface area contributed by atoms with Gasteiger partial charge in [-0.05, 0) is 46.9 Å². The topological polar surface area (TPSA) is 69.4 Å². The van der Waals surface area contributed by atoms with E-state index < -0.39 is 7.12 Å². The van der Waals surface area contributed by atoms with Gasteiger partial charge in [0.05, 0.1) is 28.2 Å². The zero-order valence-electron chi connectivity index (χ0n) is 12.3. The SMILES string of the molecule is CNCc1nc(B2OC(C)(C)C(C)(C)O2)ccc1N. The third-order valence-corrected chi connectivity index (χ3v) is 3.87. The lowest BCUT2D eigenvalue weighted by atomic mass is 9.84. The number of pyridine rings is 1. The highest BCUT2D eigenvalue weighted by molar-refractivity contribution is 6.61. The molecule has 0 radical (unpaired) electrons. The zero-order chi connectivity index (χ0) is 14.3. The summed E-state index contributed by atoms with van der Waals surface area (Å²) in [4.78, 5) is 4.54. The Morgan fingerprint density at radius 1 is 1.21 bits per heavy atom. The van der Waals surface area contributed by atoms with Gasteiger partial charge in [-0.1, -0.05) is 0 Å². The standard InChI is InChI=1S/C13H22BN3O2/c1-12(2)13(3,4)19-14(18-12)11-7-6-9(15)10(17-11)8-16-5/h6-7,16H,8,15H2,1-5H3. The van der Waals surface area contributed by atoms with E-state index >= 15 is 0 Å². The highest BCUT2D eigenvalue weighted by atomic mass is 16.7. The van der Waals surface area contributed by atoms with Crippen molar-refractivity contribution in [3.05, 3.63) is 17.8 Å². The molecule has 1 saturated heterocycles. The van der Waals surface area contributed by atoms with Gasteiger partial charge in [0, 0.05) is 6.54 Å². The Morgan fingerprint density at radius 3 is 2.32 bits per heavy atom. The van der Waals surface area contributed by atoms with E-state index in [1.807, 2.05) is 46.9 Å². The van der Waals surface area contributed by atoms with E-state index in [1.165, 1.54) is 0 Å². The number of nitrogens with two attached hydrogens (primary N) is 1. The molecule has 0 aliphatic carbocycles. The van der Waals surface area contributed by atoms with Crippen molar-refractivity contribution >= 4 is 18.4 Å². The highest BCUT2D eigenvalue weighted by Gasteiger charge is 2.52. The number of aromatic nitrogens is 1. The minimum Gasteiger partial charge on any atom is -0.398 e. The second kappa shape index (κ2) is 4.78. The molecule has 19 heavy (non-hydrogen) atoms. The molecular formula is C13H22BN3O2. The van der Waals surface area contributed by atoms with Crippen LogP contribution in [0.1, 0.15) is 33.4 Å². The van der Waals surface area contributed by atoms with Crippen molar-refractivity contribution in [2.24, 2.45) is 0 Å². The summed E-state index contributed by atoms with van der Waals surface area (Å²) in [5.74, 6) is 0. The average molecular weight is 263 g/mol. The first-order valence-electron chi connectivity index (χ1n) is 6.52. The predicted octanol–water partition coefficient (Wildman–Crippen LogP) is 0.682. The fourth-order valence-corrected chi connectivity index (χ4v) is 1.93. The fourth-order valence-electron chi connectivity index (χ4n) is 1.93. The van der Waals surface area contributed by atoms with Crippen LogP contribution in [0.25, 0.3) is 0 Å². The molecule has 0 atom stereocenters. The number of hydrogen-bond donors (Lipinski definition) is 2. The minimum absolute atomic E-state index is 0.357. The van der Waals surface area contributed by atoms with Crippen molar-refractivity contribution in [2.45, 2.75) is 45.4 Å². The summed E-state index contributed by atoms with van der Waals surface area (Å²) < 4.78 is 12.0. The molecule has 3 N–H and O–H groups in total. The van der Waals surface area contributed by atoms with Gasteiger partial charge in [-0.25, -0.2) is 0 Å². The molecule has 0 amide bonds. The summed E-state index contributed by atoms with van der Waals surface area (Å²) in [5, 5.41) is 3.05. The molecule has 1 fully saturated rings. The first-order valence-corrected chi connectivity index (χ1v) is 6.52. The van der Waals surface area contributed by atoms with Crippen LogP contribution >= 0.6 is 0 Å². The van der Waals surface area contributed by atoms with Crippen molar-refractivity contribution in [2.75, 3.05) is 12.8 Å². The van der Waals surface area contributed by atoms with Crippen LogP contribution in [0.15, 0.2) is 12.1 Å². The minimum atomic E-state index is -0.443. The van der Waals surface area contributed by atoms with Crippen molar-refractivity contribution in [3.8, 4) is 0 Å². The summed E-state index contributed by atoms with van der Waals surface area (Å²) >= 11 is 0. The van der Waals surface area contributed by atoms with E-state index in [0.29, 0.717) is 12.2 Å². The molecule has 1 aromatic rings. The third-order valence-electron chi connectivity index (χ3n) is 3.87. The number of nitrogen functional groups attached to an aromatic ring is 1. The summed E-state index contributed by atoms with van der Waals surface area (Å²) in [7, 11) is 1.42. The number of rotatable bonds is 3. The molecule has 0 saturated carbocycles. The van der Waals surface area contributed by atoms with E-state index in [0.717, 1.165) is 11.3 Å². The monoisotopic (exact) mass is 263 g/mol. The Bertz CT molecular complexity index is 461. The van der Waals surface area contributed by atoms with Crippen LogP contribution in [0.5, 0.6) is 0 Å². The molecule has 0 spiro atoms. The van der Waals surface area contributed by atoms with Gasteiger partial charge in [-0.2, -0.15) is 0 Å². The number of nitrogens with zero attached hydrogens (tertiary/aromatic N) is 1. The molecule has 5 nitrogen and oxygen atoms in total. The molecule has 1 aliphatic rings. The summed E-state index contributed by atoms with van der Waals surface area (Å²) in [6.45, 7) is 8.73. The highest BCUT2D eigenvalue weighted by Crippen LogP contribution is 2.36. The molecule has 2 heterocycles. The number of anilines is 1. The molecule has 0 bridgehead atoms. The molecule has 0 unspecified atom stereocenters. The summed E-state index contributed by atoms with van der Waals surface area (Å²) in [6, 6.07) is 3.71. The maximum absolute atomic E-state index is 5.98. The average Bonchev–Trinajstić information content (AvgIpc) is 2.51. The van der Waals surface area contributed by atoms with Gasteiger partial charge in [0.15, 0.2) is 0 Å². The third kappa shape index (κ3) is 2.61. The van der Waals surface area contributed by atoms with Crippen LogP contribution < -0.4 is 16.6 Å². The van der Waals surface area contributed by atoms with Gasteiger partial charge in [-0.3, -0.25) is 4.98 Å². The lowest BCUT2D eigenvalue weighted by Crippen LogP contribution is -2.41. The van der Waals surface area contributed by atoms with Gasteiger partial charge < -0.3 is 20.4 Å². The largest absolute Gasteiger partial charge is 0.514 e. The maximum atomic E-state index is 5.98. The quantitative estimate of drug-likeness (QED) is 0.785. The Labute approximate surface area is 115 Å². The Balaban J connectivity index is 2.27. The first-order chi connectivity index (χ1) is 8.77. The van der Waals surface area contributed by atoms with Crippen LogP contribution in [0, 0.1) is 0 Å². The smallest absolute Gasteiger partial charge is 0.398 e. The van der Waals surface area contributed by atoms with Gasteiger partial charge in [0.2, 0.25) is 0 Å². The zero-order valence-corrected chi connectivity index (χ0v) is 12.3. The van der Waals surface area contributed by atoms with Gasteiger partial charge in [0.25, 0.3) is 0 Å². The van der Waals surface area contributed by atoms with E-state index in [2.05, 4.69) is 10.3 Å². The number of hydrogen-bond acceptors (Lipinski definition) is 5. The summed E-state index contributed by atoms with van der Waals surface area (Å²) in [6.07, 6.45) is 0. The predicted molar refractivity (Wildman–Crippen MR) is 77.1 cm³/mol. The normalized spacial score (nSPS) is 20.8. The van der Waals surface area contributed by atoms with Crippen LogP contribution in [0.4, 0.5) is 5.69 Å². The Hall–Kier alpha value is -1.11. The Kier molecular flexibility index (Phi) is 3.60. The maximum Gasteiger partial charge on any atom is 0.514 e. The van der Waals surface area contributed by atoms with Gasteiger partial charge in [0.1, 0.15) is 0 Å². The van der Waals surface area contributed by atoms with E-state index in [9.17, 15) is 0 Å². The molecular weight excluding hydrogens is 241 g/mol.